The normalized spacial score (nSPS) is 18.1. The van der Waals surface area contributed by atoms with Crippen molar-refractivity contribution in [3.05, 3.63) is 36.9 Å². The van der Waals surface area contributed by atoms with Crippen molar-refractivity contribution in [3.63, 3.8) is 0 Å². The molecule has 1 aromatic carbocycles. The van der Waals surface area contributed by atoms with E-state index in [2.05, 4.69) is 6.58 Å². The number of unbranched alkanes of at least 4 members (excludes halogenated alkanes) is 3. The summed E-state index contributed by atoms with van der Waals surface area (Å²) in [5.41, 5.74) is 0. The van der Waals surface area contributed by atoms with Gasteiger partial charge in [-0.2, -0.15) is 4.89 Å². The Bertz CT molecular complexity index is 663. The highest BCUT2D eigenvalue weighted by atomic mass is 17.2. The fourth-order valence-electron chi connectivity index (χ4n) is 3.50. The zero-order valence-corrected chi connectivity index (χ0v) is 18.4. The largest absolute Gasteiger partial charge is 0.494 e. The summed E-state index contributed by atoms with van der Waals surface area (Å²) < 4.78 is 15.5. The molecule has 1 saturated carbocycles. The van der Waals surface area contributed by atoms with Gasteiger partial charge in [0.25, 0.3) is 0 Å². The third-order valence-electron chi connectivity index (χ3n) is 5.38. The molecular formula is C24H34O7. The molecule has 7 heteroatoms. The number of esters is 2. The first kappa shape index (κ1) is 24.7. The number of benzene rings is 1. The van der Waals surface area contributed by atoms with Gasteiger partial charge in [0.1, 0.15) is 5.75 Å². The van der Waals surface area contributed by atoms with Gasteiger partial charge in [-0.05, 0) is 81.5 Å². The third-order valence-corrected chi connectivity index (χ3v) is 5.38. The van der Waals surface area contributed by atoms with Crippen LogP contribution in [0.3, 0.4) is 0 Å². The summed E-state index contributed by atoms with van der Waals surface area (Å²) in [5.74, 6) is 1.36. The van der Waals surface area contributed by atoms with Gasteiger partial charge in [-0.25, -0.2) is 4.79 Å². The average molecular weight is 435 g/mol. The van der Waals surface area contributed by atoms with Crippen LogP contribution in [0.25, 0.3) is 0 Å². The molecule has 0 unspecified atom stereocenters. The fourth-order valence-corrected chi connectivity index (χ4v) is 3.50. The SMILES string of the molecule is C=CC(=O)OCCCCCCOc1ccc(OOCC2CCC(C(=O)OC)CC2)cc1. The van der Waals surface area contributed by atoms with Crippen molar-refractivity contribution in [3.8, 4) is 11.5 Å². The molecule has 1 aliphatic carbocycles. The maximum absolute atomic E-state index is 11.6. The molecule has 0 bridgehead atoms. The van der Waals surface area contributed by atoms with E-state index < -0.39 is 0 Å². The molecule has 2 rings (SSSR count). The number of rotatable bonds is 14. The van der Waals surface area contributed by atoms with Gasteiger partial charge >= 0.3 is 11.9 Å². The molecule has 0 aromatic heterocycles. The number of methoxy groups -OCH3 is 1. The Labute approximate surface area is 184 Å². The van der Waals surface area contributed by atoms with Gasteiger partial charge in [0.2, 0.25) is 0 Å². The van der Waals surface area contributed by atoms with Crippen LogP contribution in [0.2, 0.25) is 0 Å². The number of carbonyl (C=O) groups is 2. The Morgan fingerprint density at radius 1 is 0.968 bits per heavy atom. The van der Waals surface area contributed by atoms with E-state index >= 15 is 0 Å². The van der Waals surface area contributed by atoms with Crippen LogP contribution >= 0.6 is 0 Å². The fraction of sp³-hybridized carbons (Fsp3) is 0.583. The molecule has 1 aliphatic rings. The van der Waals surface area contributed by atoms with Gasteiger partial charge in [-0.15, -0.1) is 0 Å². The number of hydrogen-bond donors (Lipinski definition) is 0. The standard InChI is InChI=1S/C24H34O7/c1-3-23(25)29-17-7-5-4-6-16-28-21-12-14-22(15-13-21)31-30-18-19-8-10-20(11-9-19)24(26)27-2/h3,12-15,19-20H,1,4-11,16-18H2,2H3. The van der Waals surface area contributed by atoms with Crippen LogP contribution in [0.15, 0.2) is 36.9 Å². The lowest BCUT2D eigenvalue weighted by Gasteiger charge is -2.26. The topological polar surface area (TPSA) is 80.3 Å². The quantitative estimate of drug-likeness (QED) is 0.139. The lowest BCUT2D eigenvalue weighted by atomic mass is 9.82. The maximum atomic E-state index is 11.6. The Hall–Kier alpha value is -2.54. The highest BCUT2D eigenvalue weighted by molar-refractivity contribution is 5.81. The van der Waals surface area contributed by atoms with Crippen molar-refractivity contribution in [1.82, 2.24) is 0 Å². The van der Waals surface area contributed by atoms with Crippen LogP contribution in [-0.2, 0) is 24.0 Å². The smallest absolute Gasteiger partial charge is 0.330 e. The Morgan fingerprint density at radius 3 is 2.26 bits per heavy atom. The highest BCUT2D eigenvalue weighted by Gasteiger charge is 2.27. The van der Waals surface area contributed by atoms with Gasteiger partial charge in [0.05, 0.1) is 32.8 Å². The predicted molar refractivity (Wildman–Crippen MR) is 116 cm³/mol. The monoisotopic (exact) mass is 434 g/mol. The van der Waals surface area contributed by atoms with Crippen molar-refractivity contribution in [2.45, 2.75) is 51.4 Å². The van der Waals surface area contributed by atoms with Crippen LogP contribution in [0.5, 0.6) is 11.5 Å². The summed E-state index contributed by atoms with van der Waals surface area (Å²) in [5, 5.41) is 0. The van der Waals surface area contributed by atoms with E-state index in [1.165, 1.54) is 13.2 Å². The van der Waals surface area contributed by atoms with Crippen molar-refractivity contribution in [2.24, 2.45) is 11.8 Å². The summed E-state index contributed by atoms with van der Waals surface area (Å²) in [4.78, 5) is 33.2. The van der Waals surface area contributed by atoms with Crippen molar-refractivity contribution in [2.75, 3.05) is 26.9 Å². The highest BCUT2D eigenvalue weighted by Crippen LogP contribution is 2.30. The summed E-state index contributed by atoms with van der Waals surface area (Å²) in [6.45, 7) is 4.94. The van der Waals surface area contributed by atoms with E-state index in [9.17, 15) is 9.59 Å². The summed E-state index contributed by atoms with van der Waals surface area (Å²) in [6.07, 6.45) is 8.53. The lowest BCUT2D eigenvalue weighted by Crippen LogP contribution is -2.25. The molecule has 31 heavy (non-hydrogen) atoms. The molecule has 172 valence electrons. The Balaban J connectivity index is 1.51. The second-order valence-electron chi connectivity index (χ2n) is 7.71. The van der Waals surface area contributed by atoms with Crippen LogP contribution in [-0.4, -0.2) is 38.9 Å². The van der Waals surface area contributed by atoms with Crippen molar-refractivity contribution >= 4 is 11.9 Å². The van der Waals surface area contributed by atoms with Gasteiger partial charge in [-0.3, -0.25) is 4.79 Å². The van der Waals surface area contributed by atoms with E-state index in [4.69, 9.17) is 24.0 Å². The van der Waals surface area contributed by atoms with Gasteiger partial charge in [-0.1, -0.05) is 6.58 Å². The minimum Gasteiger partial charge on any atom is -0.494 e. The zero-order valence-electron chi connectivity index (χ0n) is 18.4. The first-order valence-corrected chi connectivity index (χ1v) is 11.0. The molecule has 1 aromatic rings. The lowest BCUT2D eigenvalue weighted by molar-refractivity contribution is -0.218. The van der Waals surface area contributed by atoms with Crippen LogP contribution in [0, 0.1) is 11.8 Å². The second kappa shape index (κ2) is 14.5. The molecule has 0 aliphatic heterocycles. The number of carbonyl (C=O) groups excluding carboxylic acids is 2. The number of ether oxygens (including phenoxy) is 3. The first-order chi connectivity index (χ1) is 15.1. The third kappa shape index (κ3) is 9.87. The van der Waals surface area contributed by atoms with Crippen LogP contribution in [0.1, 0.15) is 51.4 Å². The summed E-state index contributed by atoms with van der Waals surface area (Å²) in [7, 11) is 1.44. The van der Waals surface area contributed by atoms with Gasteiger partial charge < -0.3 is 19.1 Å². The molecule has 0 spiro atoms. The molecule has 0 amide bonds. The Morgan fingerprint density at radius 2 is 1.61 bits per heavy atom. The molecule has 0 N–H and O–H groups in total. The minimum absolute atomic E-state index is 0.0248. The molecule has 0 saturated heterocycles. The van der Waals surface area contributed by atoms with Gasteiger partial charge in [0, 0.05) is 6.08 Å². The van der Waals surface area contributed by atoms with E-state index in [1.54, 1.807) is 0 Å². The number of hydrogen-bond acceptors (Lipinski definition) is 7. The first-order valence-electron chi connectivity index (χ1n) is 11.0. The summed E-state index contributed by atoms with van der Waals surface area (Å²) >= 11 is 0. The molecule has 0 radical (unpaired) electrons. The van der Waals surface area contributed by atoms with Crippen LogP contribution in [0.4, 0.5) is 0 Å². The van der Waals surface area contributed by atoms with E-state index in [0.717, 1.165) is 57.1 Å². The van der Waals surface area contributed by atoms with Crippen molar-refractivity contribution in [1.29, 1.82) is 0 Å². The second-order valence-corrected chi connectivity index (χ2v) is 7.71. The molecule has 1 fully saturated rings. The van der Waals surface area contributed by atoms with Crippen molar-refractivity contribution < 1.29 is 33.6 Å². The average Bonchev–Trinajstić information content (AvgIpc) is 2.81. The maximum Gasteiger partial charge on any atom is 0.330 e. The minimum atomic E-state index is -0.371. The molecular weight excluding hydrogens is 400 g/mol. The molecule has 0 heterocycles. The van der Waals surface area contributed by atoms with E-state index in [0.29, 0.717) is 31.5 Å². The predicted octanol–water partition coefficient (Wildman–Crippen LogP) is 4.64. The molecule has 0 atom stereocenters. The van der Waals surface area contributed by atoms with E-state index in [1.807, 2.05) is 24.3 Å². The zero-order chi connectivity index (χ0) is 22.3. The van der Waals surface area contributed by atoms with Gasteiger partial charge in [0.15, 0.2) is 5.75 Å². The Kier molecular flexibility index (Phi) is 11.5. The van der Waals surface area contributed by atoms with Crippen LogP contribution < -0.4 is 9.62 Å². The van der Waals surface area contributed by atoms with E-state index in [-0.39, 0.29) is 17.9 Å². The molecule has 7 nitrogen and oxygen atoms in total. The summed E-state index contributed by atoms with van der Waals surface area (Å²) in [6, 6.07) is 7.35.